The number of amides is 4. The van der Waals surface area contributed by atoms with E-state index in [-0.39, 0.29) is 35.7 Å². The quantitative estimate of drug-likeness (QED) is 0.114. The molecule has 2 aromatic carbocycles. The lowest BCUT2D eigenvalue weighted by atomic mass is 10.1. The summed E-state index contributed by atoms with van der Waals surface area (Å²) in [6.45, 7) is 13.3. The summed E-state index contributed by atoms with van der Waals surface area (Å²) in [6.07, 6.45) is 10.3. The number of anilines is 4. The van der Waals surface area contributed by atoms with Gasteiger partial charge in [-0.05, 0) is 80.8 Å². The Morgan fingerprint density at radius 3 is 1.61 bits per heavy atom. The highest BCUT2D eigenvalue weighted by Crippen LogP contribution is 2.36. The fourth-order valence-corrected chi connectivity index (χ4v) is 9.04. The largest absolute Gasteiger partial charge is 0.383 e. The predicted octanol–water partition coefficient (Wildman–Crippen LogP) is 6.04. The Balaban J connectivity index is 0.000000172. The molecular weight excluding hydrogens is 897 g/mol. The zero-order valence-electron chi connectivity index (χ0n) is 37.6. The van der Waals surface area contributed by atoms with Gasteiger partial charge in [-0.1, -0.05) is 37.4 Å². The third-order valence-electron chi connectivity index (χ3n) is 11.9. The van der Waals surface area contributed by atoms with Crippen molar-refractivity contribution in [1.82, 2.24) is 59.3 Å². The van der Waals surface area contributed by atoms with Crippen molar-refractivity contribution in [2.45, 2.75) is 38.8 Å². The number of nitrogens with zero attached hydrogens (tertiary/aromatic N) is 12. The number of fused-ring (bicyclic) bond motifs is 2. The summed E-state index contributed by atoms with van der Waals surface area (Å²) in [7, 11) is 0. The van der Waals surface area contributed by atoms with Crippen molar-refractivity contribution >= 4 is 79.6 Å². The number of carbonyl (C=O) groups is 4. The lowest BCUT2D eigenvalue weighted by molar-refractivity contribution is -0.125. The monoisotopic (exact) mass is 942 g/mol. The van der Waals surface area contributed by atoms with Crippen LogP contribution in [-0.2, 0) is 9.59 Å². The van der Waals surface area contributed by atoms with Crippen LogP contribution < -0.4 is 22.1 Å². The highest BCUT2D eigenvalue weighted by atomic mass is 32.1. The molecule has 2 aliphatic rings. The van der Waals surface area contributed by atoms with E-state index in [1.807, 2.05) is 53.5 Å². The molecule has 21 heteroatoms. The third-order valence-corrected chi connectivity index (χ3v) is 12.7. The van der Waals surface area contributed by atoms with Crippen LogP contribution in [0, 0.1) is 13.8 Å². The van der Waals surface area contributed by atoms with Gasteiger partial charge in [-0.25, -0.2) is 39.3 Å². The molecule has 2 aliphatic heterocycles. The Hall–Kier alpha value is -8.72. The average molecular weight is 943 g/mol. The molecule has 6 N–H and O–H groups in total. The number of nitrogens with two attached hydrogens (primary N) is 2. The molecule has 6 aromatic heterocycles. The number of thiazole rings is 1. The van der Waals surface area contributed by atoms with Crippen LogP contribution >= 0.6 is 11.3 Å². The van der Waals surface area contributed by atoms with Crippen LogP contribution in [0.2, 0.25) is 0 Å². The lowest BCUT2D eigenvalue weighted by Gasteiger charge is -2.14. The Kier molecular flexibility index (Phi) is 12.7. The molecular formula is C48H46N16O4S. The van der Waals surface area contributed by atoms with E-state index in [0.29, 0.717) is 93.3 Å². The molecule has 2 saturated heterocycles. The molecule has 0 saturated carbocycles. The minimum atomic E-state index is -0.259. The van der Waals surface area contributed by atoms with Gasteiger partial charge < -0.3 is 26.6 Å². The normalized spacial score (nSPS) is 15.4. The van der Waals surface area contributed by atoms with Crippen molar-refractivity contribution in [2.75, 3.05) is 48.3 Å². The summed E-state index contributed by atoms with van der Waals surface area (Å²) in [5, 5.41) is 17.1. The van der Waals surface area contributed by atoms with Gasteiger partial charge in [-0.2, -0.15) is 10.2 Å². The molecule has 2 atom stereocenters. The van der Waals surface area contributed by atoms with Gasteiger partial charge in [-0.3, -0.25) is 24.5 Å². The zero-order chi connectivity index (χ0) is 48.3. The first-order chi connectivity index (χ1) is 33.4. The molecule has 0 aliphatic carbocycles. The minimum absolute atomic E-state index is 0.0405. The molecule has 10 rings (SSSR count). The van der Waals surface area contributed by atoms with E-state index in [2.05, 4.69) is 53.7 Å². The molecule has 69 heavy (non-hydrogen) atoms. The van der Waals surface area contributed by atoms with E-state index in [0.717, 1.165) is 34.4 Å². The number of hydrogen-bond acceptors (Lipinski definition) is 15. The summed E-state index contributed by atoms with van der Waals surface area (Å²) >= 11 is 1.42. The van der Waals surface area contributed by atoms with Gasteiger partial charge in [0.05, 0.1) is 22.9 Å². The number of pyridine rings is 1. The molecule has 2 unspecified atom stereocenters. The maximum atomic E-state index is 12.7. The highest BCUT2D eigenvalue weighted by Gasteiger charge is 2.32. The number of benzene rings is 2. The maximum Gasteiger partial charge on any atom is 0.257 e. The summed E-state index contributed by atoms with van der Waals surface area (Å²) in [5.74, 6) is 0.435. The number of nitrogens with one attached hydrogen (secondary N) is 2. The van der Waals surface area contributed by atoms with Crippen LogP contribution in [-0.4, -0.2) is 109 Å². The molecule has 348 valence electrons. The molecule has 0 bridgehead atoms. The SMILES string of the molecule is C=CC(=O)N1CCC(n2nc(-c3ccc(C(=O)Nc4cc(C)ccn4)cc3)c3c(N)ncnc32)C1.C=CC(=O)N1CCC(n2nc(-c3ccc(C(=O)Nc4ncc(C)s4)cc3)c3c(N)ncnc32)C1. The summed E-state index contributed by atoms with van der Waals surface area (Å²) in [6, 6.07) is 17.8. The fraction of sp³-hybridized carbons (Fsp3) is 0.208. The second kappa shape index (κ2) is 19.2. The zero-order valence-corrected chi connectivity index (χ0v) is 38.4. The molecule has 4 amide bonds. The van der Waals surface area contributed by atoms with Gasteiger partial charge >= 0.3 is 0 Å². The number of nitrogen functional groups attached to an aromatic ring is 2. The van der Waals surface area contributed by atoms with E-state index in [1.165, 1.54) is 36.1 Å². The van der Waals surface area contributed by atoms with Gasteiger partial charge in [0.1, 0.15) is 41.5 Å². The van der Waals surface area contributed by atoms with Crippen LogP contribution in [0.3, 0.4) is 0 Å². The molecule has 8 heterocycles. The van der Waals surface area contributed by atoms with Crippen LogP contribution in [0.25, 0.3) is 44.6 Å². The van der Waals surface area contributed by atoms with Crippen molar-refractivity contribution in [3.8, 4) is 22.5 Å². The number of aromatic nitrogens is 10. The Morgan fingerprint density at radius 1 is 0.667 bits per heavy atom. The van der Waals surface area contributed by atoms with Crippen LogP contribution in [0.15, 0.2) is 111 Å². The Bertz CT molecular complexity index is 3290. The Labute approximate surface area is 398 Å². The number of hydrogen-bond donors (Lipinski definition) is 4. The molecule has 2 fully saturated rings. The second-order valence-electron chi connectivity index (χ2n) is 16.4. The fourth-order valence-electron chi connectivity index (χ4n) is 8.38. The van der Waals surface area contributed by atoms with Gasteiger partial charge in [0, 0.05) is 65.7 Å². The van der Waals surface area contributed by atoms with E-state index < -0.39 is 0 Å². The summed E-state index contributed by atoms with van der Waals surface area (Å²) in [5.41, 5.74) is 18.5. The van der Waals surface area contributed by atoms with Gasteiger partial charge in [0.25, 0.3) is 11.8 Å². The summed E-state index contributed by atoms with van der Waals surface area (Å²) in [4.78, 5) is 79.4. The first-order valence-electron chi connectivity index (χ1n) is 21.9. The van der Waals surface area contributed by atoms with Crippen molar-refractivity contribution in [3.05, 3.63) is 133 Å². The molecule has 20 nitrogen and oxygen atoms in total. The van der Waals surface area contributed by atoms with Crippen molar-refractivity contribution in [2.24, 2.45) is 0 Å². The Morgan fingerprint density at radius 2 is 1.16 bits per heavy atom. The van der Waals surface area contributed by atoms with Crippen molar-refractivity contribution in [1.29, 1.82) is 0 Å². The minimum Gasteiger partial charge on any atom is -0.383 e. The predicted molar refractivity (Wildman–Crippen MR) is 263 cm³/mol. The smallest absolute Gasteiger partial charge is 0.257 e. The van der Waals surface area contributed by atoms with E-state index in [1.54, 1.807) is 52.5 Å². The third kappa shape index (κ3) is 9.34. The molecule has 0 spiro atoms. The molecule has 8 aromatic rings. The van der Waals surface area contributed by atoms with Crippen LogP contribution in [0.1, 0.15) is 56.1 Å². The van der Waals surface area contributed by atoms with Crippen LogP contribution in [0.4, 0.5) is 22.6 Å². The number of likely N-dealkylation sites (tertiary alicyclic amines) is 2. The van der Waals surface area contributed by atoms with E-state index in [4.69, 9.17) is 21.7 Å². The molecule has 0 radical (unpaired) electrons. The second-order valence-corrected chi connectivity index (χ2v) is 17.7. The van der Waals surface area contributed by atoms with Crippen LogP contribution in [0.5, 0.6) is 0 Å². The topological polar surface area (TPSA) is 264 Å². The van der Waals surface area contributed by atoms with Crippen molar-refractivity contribution < 1.29 is 19.2 Å². The number of rotatable bonds is 10. The maximum absolute atomic E-state index is 12.7. The highest BCUT2D eigenvalue weighted by molar-refractivity contribution is 7.15. The van der Waals surface area contributed by atoms with Gasteiger partial charge in [-0.15, -0.1) is 11.3 Å². The average Bonchev–Trinajstić information content (AvgIpc) is 4.22. The van der Waals surface area contributed by atoms with E-state index >= 15 is 0 Å². The lowest BCUT2D eigenvalue weighted by Crippen LogP contribution is -2.27. The first-order valence-corrected chi connectivity index (χ1v) is 22.7. The van der Waals surface area contributed by atoms with E-state index in [9.17, 15) is 19.2 Å². The van der Waals surface area contributed by atoms with Crippen molar-refractivity contribution in [3.63, 3.8) is 0 Å². The van der Waals surface area contributed by atoms with Gasteiger partial charge in [0.2, 0.25) is 11.8 Å². The summed E-state index contributed by atoms with van der Waals surface area (Å²) < 4.78 is 3.65. The number of aryl methyl sites for hydroxylation is 2. The standard InChI is InChI=1S/C25H24N8O2.C23H22N8O2S/c1-3-20(34)32-11-9-18(13-32)33-24-21(23(26)28-14-29-24)22(31-33)16-4-6-17(7-5-16)25(35)30-19-12-15(2)8-10-27-19;1-3-17(32)30-9-8-16(11-30)31-21-18(20(24)26-12-27-21)19(29-31)14-4-6-15(7-5-14)22(33)28-23-25-10-13(2)34-23/h3-8,10,12,14,18H,1,9,11,13H2,2H3,(H2,26,28,29)(H,27,30,35);3-7,10,12,16H,1,8-9,11H2,2H3,(H2,24,26,27)(H,25,28,33). The first kappa shape index (κ1) is 45.4. The number of carbonyl (C=O) groups excluding carboxylic acids is 4. The van der Waals surface area contributed by atoms with Gasteiger partial charge in [0.15, 0.2) is 16.4 Å².